The number of nitrogens with two attached hydrogens (primary N) is 2. The first kappa shape index (κ1) is 30.0. The smallest absolute Gasteiger partial charge is 0.158 e. The third-order valence-electron chi connectivity index (χ3n) is 2.84. The van der Waals surface area contributed by atoms with E-state index >= 15 is 0 Å². The fraction of sp³-hybridized carbons (Fsp3) is 0.176. The molecule has 0 amide bonds. The molecule has 0 bridgehead atoms. The van der Waals surface area contributed by atoms with Crippen molar-refractivity contribution in [2.75, 3.05) is 6.26 Å². The zero-order chi connectivity index (χ0) is 15.8. The first-order chi connectivity index (χ1) is 9.97. The molecule has 24 heavy (non-hydrogen) atoms. The maximum Gasteiger partial charge on any atom is 0.158 e. The van der Waals surface area contributed by atoms with Gasteiger partial charge in [-0.2, -0.15) is 0 Å². The summed E-state index contributed by atoms with van der Waals surface area (Å²) in [6.45, 7) is 4.00. The van der Waals surface area contributed by atoms with E-state index < -0.39 is 0 Å². The van der Waals surface area contributed by atoms with E-state index in [1.165, 1.54) is 5.56 Å². The maximum absolute atomic E-state index is 5.74. The SMILES string of the molecule is CSC(=[NH2+])c1[c-]cccc1C.Cc1ccc[c-]c1C(N)=S.[HH].[I-].[Y].[Y]. The predicted octanol–water partition coefficient (Wildman–Crippen LogP) is -0.662. The van der Waals surface area contributed by atoms with Crippen LogP contribution in [0.15, 0.2) is 36.4 Å². The van der Waals surface area contributed by atoms with Gasteiger partial charge in [0.2, 0.25) is 0 Å². The number of thiocarbonyl (C=S) groups is 1. The molecular formula is C17H21IN2S2Y2-2. The molecule has 126 valence electrons. The normalized spacial score (nSPS) is 8.29. The van der Waals surface area contributed by atoms with E-state index in [0.717, 1.165) is 21.7 Å². The summed E-state index contributed by atoms with van der Waals surface area (Å²) in [5.41, 5.74) is 9.55. The van der Waals surface area contributed by atoms with Crippen molar-refractivity contribution in [2.45, 2.75) is 13.8 Å². The van der Waals surface area contributed by atoms with Crippen LogP contribution in [0.3, 0.4) is 0 Å². The number of halogens is 1. The Balaban J connectivity index is -0.000000152. The Hall–Kier alpha value is 1.29. The number of benzene rings is 2. The summed E-state index contributed by atoms with van der Waals surface area (Å²) in [7, 11) is 0. The fourth-order valence-corrected chi connectivity index (χ4v) is 2.32. The number of hydrogen-bond acceptors (Lipinski definition) is 2. The zero-order valence-corrected chi connectivity index (χ0v) is 23.4. The number of hydrogen-bond donors (Lipinski definition) is 2. The molecule has 0 aliphatic rings. The second-order valence-electron chi connectivity index (χ2n) is 4.39. The molecule has 2 nitrogen and oxygen atoms in total. The van der Waals surface area contributed by atoms with E-state index in [2.05, 4.69) is 12.1 Å². The Labute approximate surface area is 223 Å². The molecule has 0 heterocycles. The summed E-state index contributed by atoms with van der Waals surface area (Å²) in [6.07, 6.45) is 1.97. The van der Waals surface area contributed by atoms with Gasteiger partial charge in [0, 0.05) is 71.8 Å². The minimum absolute atomic E-state index is 0. The van der Waals surface area contributed by atoms with Gasteiger partial charge >= 0.3 is 0 Å². The van der Waals surface area contributed by atoms with E-state index in [1.54, 1.807) is 11.8 Å². The minimum atomic E-state index is 0. The van der Waals surface area contributed by atoms with Crippen molar-refractivity contribution in [3.05, 3.63) is 70.8 Å². The summed E-state index contributed by atoms with van der Waals surface area (Å²) >= 11 is 6.35. The van der Waals surface area contributed by atoms with Crippen molar-refractivity contribution in [3.63, 3.8) is 0 Å². The Morgan fingerprint density at radius 1 is 1.08 bits per heavy atom. The Morgan fingerprint density at radius 3 is 1.79 bits per heavy atom. The standard InChI is InChI=1S/C9H10NS.C8H8NS.HI.2Y.H2/c1-7-5-3-4-6-8(7)9(10)11-2;1-6-4-2-3-5-7(6)8(9)10;;;;/h3-5,10H,1-2H3;2-4H,1H3,(H2,9,10);1H;;;1H/q2*-1;;;;. The average molecular weight is 622 g/mol. The van der Waals surface area contributed by atoms with Crippen LogP contribution in [0.25, 0.3) is 0 Å². The topological polar surface area (TPSA) is 51.6 Å². The molecule has 2 aromatic carbocycles. The van der Waals surface area contributed by atoms with Gasteiger partial charge < -0.3 is 29.7 Å². The molecule has 0 aliphatic carbocycles. The van der Waals surface area contributed by atoms with Crippen LogP contribution in [-0.4, -0.2) is 16.3 Å². The molecule has 0 aromatic heterocycles. The van der Waals surface area contributed by atoms with Crippen molar-refractivity contribution in [1.82, 2.24) is 0 Å². The number of thioether (sulfide) groups is 1. The summed E-state index contributed by atoms with van der Waals surface area (Å²) < 4.78 is 0. The second-order valence-corrected chi connectivity index (χ2v) is 5.68. The van der Waals surface area contributed by atoms with Crippen LogP contribution < -0.4 is 35.1 Å². The number of rotatable bonds is 2. The van der Waals surface area contributed by atoms with Crippen molar-refractivity contribution in [3.8, 4) is 0 Å². The van der Waals surface area contributed by atoms with Crippen LogP contribution in [0, 0.1) is 26.0 Å². The quantitative estimate of drug-likeness (QED) is 0.154. The van der Waals surface area contributed by atoms with Crippen molar-refractivity contribution >= 4 is 34.0 Å². The predicted molar refractivity (Wildman–Crippen MR) is 97.6 cm³/mol. The van der Waals surface area contributed by atoms with Gasteiger partial charge in [-0.1, -0.05) is 19.4 Å². The molecule has 0 fully saturated rings. The van der Waals surface area contributed by atoms with Crippen molar-refractivity contribution < 1.29 is 96.2 Å². The van der Waals surface area contributed by atoms with Gasteiger partial charge in [-0.15, -0.1) is 89.2 Å². The van der Waals surface area contributed by atoms with Gasteiger partial charge in [0.05, 0.1) is 0 Å². The van der Waals surface area contributed by atoms with Gasteiger partial charge in [-0.25, -0.2) is 0 Å². The number of aryl methyl sites for hydroxylation is 2. The molecule has 4 N–H and O–H groups in total. The molecule has 0 spiro atoms. The van der Waals surface area contributed by atoms with E-state index in [1.807, 2.05) is 56.5 Å². The molecule has 2 rings (SSSR count). The zero-order valence-electron chi connectivity index (χ0n) is 14.0. The van der Waals surface area contributed by atoms with Crippen LogP contribution in [0.2, 0.25) is 0 Å². The van der Waals surface area contributed by atoms with Crippen molar-refractivity contribution in [1.29, 1.82) is 0 Å². The minimum Gasteiger partial charge on any atom is -1.00 e. The van der Waals surface area contributed by atoms with Crippen LogP contribution in [0.1, 0.15) is 23.7 Å². The van der Waals surface area contributed by atoms with Crippen LogP contribution in [-0.2, 0) is 65.4 Å². The second kappa shape index (κ2) is 16.5. The Morgan fingerprint density at radius 2 is 1.50 bits per heavy atom. The van der Waals surface area contributed by atoms with Gasteiger partial charge in [0.1, 0.15) is 0 Å². The van der Waals surface area contributed by atoms with Crippen LogP contribution in [0.5, 0.6) is 0 Å². The molecule has 2 radical (unpaired) electrons. The Kier molecular flexibility index (Phi) is 20.6. The summed E-state index contributed by atoms with van der Waals surface area (Å²) in [5, 5.41) is 6.58. The molecule has 0 aliphatic heterocycles. The molecule has 0 saturated heterocycles. The largest absolute Gasteiger partial charge is 1.00 e. The maximum atomic E-state index is 5.74. The van der Waals surface area contributed by atoms with Gasteiger partial charge in [-0.3, -0.25) is 5.41 Å². The third-order valence-corrected chi connectivity index (χ3v) is 3.69. The molecule has 7 heteroatoms. The monoisotopic (exact) mass is 622 g/mol. The first-order valence-corrected chi connectivity index (χ1v) is 8.01. The molecule has 0 saturated carbocycles. The van der Waals surface area contributed by atoms with Gasteiger partial charge in [-0.05, 0) is 6.26 Å². The van der Waals surface area contributed by atoms with Gasteiger partial charge in [0.15, 0.2) is 5.04 Å². The van der Waals surface area contributed by atoms with Crippen LogP contribution in [0.4, 0.5) is 0 Å². The molecule has 2 aromatic rings. The van der Waals surface area contributed by atoms with E-state index in [0.29, 0.717) is 4.99 Å². The summed E-state index contributed by atoms with van der Waals surface area (Å²) in [4.78, 5) is 0.415. The third kappa shape index (κ3) is 10.4. The average Bonchev–Trinajstić information content (AvgIpc) is 2.48. The van der Waals surface area contributed by atoms with E-state index in [9.17, 15) is 0 Å². The van der Waals surface area contributed by atoms with E-state index in [-0.39, 0.29) is 90.8 Å². The molecule has 0 atom stereocenters. The fourth-order valence-electron chi connectivity index (χ4n) is 1.68. The molecular weight excluding hydrogens is 601 g/mol. The van der Waals surface area contributed by atoms with Crippen LogP contribution >= 0.6 is 24.0 Å². The molecule has 0 unspecified atom stereocenters. The Bertz CT molecular complexity index is 658. The summed E-state index contributed by atoms with van der Waals surface area (Å²) in [6, 6.07) is 17.6. The first-order valence-electron chi connectivity index (χ1n) is 6.38. The summed E-state index contributed by atoms with van der Waals surface area (Å²) in [5.74, 6) is 0. The van der Waals surface area contributed by atoms with Gasteiger partial charge in [0.25, 0.3) is 0 Å². The van der Waals surface area contributed by atoms with E-state index in [4.69, 9.17) is 23.4 Å². The van der Waals surface area contributed by atoms with Crippen molar-refractivity contribution in [2.24, 2.45) is 5.73 Å².